The van der Waals surface area contributed by atoms with Gasteiger partial charge >= 0.3 is 0 Å². The molecule has 0 saturated carbocycles. The fourth-order valence-electron chi connectivity index (χ4n) is 4.44. The Morgan fingerprint density at radius 3 is 2.48 bits per heavy atom. The zero-order valence-corrected chi connectivity index (χ0v) is 17.9. The number of likely N-dealkylation sites (tertiary alicyclic amines) is 1. The van der Waals surface area contributed by atoms with Gasteiger partial charge in [0.25, 0.3) is 5.56 Å². The highest BCUT2D eigenvalue weighted by Crippen LogP contribution is 2.27. The Labute approximate surface area is 182 Å². The topological polar surface area (TPSA) is 49.7 Å². The van der Waals surface area contributed by atoms with Crippen LogP contribution in [0.5, 0.6) is 5.75 Å². The summed E-state index contributed by atoms with van der Waals surface area (Å²) < 4.78 is 6.92. The molecule has 0 bridgehead atoms. The fourth-order valence-corrected chi connectivity index (χ4v) is 4.44. The first-order valence-corrected chi connectivity index (χ1v) is 10.9. The summed E-state index contributed by atoms with van der Waals surface area (Å²) in [6, 6.07) is 17.6. The van der Waals surface area contributed by atoms with Gasteiger partial charge in [-0.3, -0.25) is 9.36 Å². The number of anilines is 1. The molecular formula is C25H28N4O2. The Morgan fingerprint density at radius 2 is 1.74 bits per heavy atom. The number of nitrogens with zero attached hydrogens (tertiary/aromatic N) is 3. The van der Waals surface area contributed by atoms with E-state index in [0.29, 0.717) is 0 Å². The third-order valence-electron chi connectivity index (χ3n) is 6.23. The Bertz CT molecular complexity index is 1120. The normalized spacial score (nSPS) is 16.3. The summed E-state index contributed by atoms with van der Waals surface area (Å²) in [5, 5.41) is 2.27. The molecule has 2 aliphatic rings. The molecule has 1 fully saturated rings. The number of pyridine rings is 1. The maximum Gasteiger partial charge on any atom is 0.255 e. The lowest BCUT2D eigenvalue weighted by Crippen LogP contribution is -2.33. The molecule has 0 spiro atoms. The van der Waals surface area contributed by atoms with Crippen molar-refractivity contribution in [2.75, 3.05) is 38.7 Å². The molecule has 6 heteroatoms. The molecule has 0 radical (unpaired) electrons. The van der Waals surface area contributed by atoms with Crippen molar-refractivity contribution in [2.24, 2.45) is 0 Å². The van der Waals surface area contributed by atoms with E-state index in [-0.39, 0.29) is 5.56 Å². The van der Waals surface area contributed by atoms with Gasteiger partial charge in [0.1, 0.15) is 5.75 Å². The van der Waals surface area contributed by atoms with Gasteiger partial charge in [-0.2, -0.15) is 0 Å². The largest absolute Gasteiger partial charge is 0.497 e. The second kappa shape index (κ2) is 8.57. The molecule has 0 atom stereocenters. The van der Waals surface area contributed by atoms with Crippen LogP contribution in [0.3, 0.4) is 0 Å². The highest BCUT2D eigenvalue weighted by Gasteiger charge is 2.20. The lowest BCUT2D eigenvalue weighted by Gasteiger charge is -2.20. The van der Waals surface area contributed by atoms with E-state index in [2.05, 4.69) is 27.5 Å². The van der Waals surface area contributed by atoms with Crippen molar-refractivity contribution in [3.8, 4) is 22.6 Å². The van der Waals surface area contributed by atoms with Gasteiger partial charge in [0.05, 0.1) is 12.8 Å². The molecule has 2 aliphatic heterocycles. The Balaban J connectivity index is 1.31. The predicted octanol–water partition coefficient (Wildman–Crippen LogP) is 3.75. The van der Waals surface area contributed by atoms with Gasteiger partial charge in [-0.05, 0) is 79.0 Å². The van der Waals surface area contributed by atoms with Gasteiger partial charge in [0.15, 0.2) is 0 Å². The molecule has 0 unspecified atom stereocenters. The molecule has 2 aromatic carbocycles. The van der Waals surface area contributed by atoms with Crippen molar-refractivity contribution in [1.82, 2.24) is 14.5 Å². The average molecular weight is 417 g/mol. The van der Waals surface area contributed by atoms with E-state index in [4.69, 9.17) is 4.74 Å². The van der Waals surface area contributed by atoms with Crippen LogP contribution >= 0.6 is 0 Å². The molecule has 1 aromatic heterocycles. The molecule has 0 amide bonds. The minimum atomic E-state index is -0.0369. The number of ether oxygens (including phenoxy) is 1. The SMILES string of the molecule is COc1ccc(-c2ccn(-c3ccc4c(c3)CN(CCN3CCCC3)N4)c(=O)c2)cc1. The number of hydrogen-bond acceptors (Lipinski definition) is 5. The average Bonchev–Trinajstić information content (AvgIpc) is 3.46. The van der Waals surface area contributed by atoms with Crippen LogP contribution in [-0.2, 0) is 6.54 Å². The number of nitrogens with one attached hydrogen (secondary N) is 1. The van der Waals surface area contributed by atoms with Crippen molar-refractivity contribution >= 4 is 5.69 Å². The van der Waals surface area contributed by atoms with Gasteiger partial charge < -0.3 is 15.1 Å². The molecule has 1 N–H and O–H groups in total. The number of methoxy groups -OCH3 is 1. The van der Waals surface area contributed by atoms with Gasteiger partial charge in [0, 0.05) is 37.6 Å². The Hall–Kier alpha value is -3.09. The minimum absolute atomic E-state index is 0.0369. The second-order valence-electron chi connectivity index (χ2n) is 8.28. The number of benzene rings is 2. The van der Waals surface area contributed by atoms with Crippen molar-refractivity contribution in [1.29, 1.82) is 0 Å². The van der Waals surface area contributed by atoms with Gasteiger partial charge in [0.2, 0.25) is 0 Å². The second-order valence-corrected chi connectivity index (χ2v) is 8.28. The standard InChI is InChI=1S/C25H28N4O2/c1-31-23-7-4-19(5-8-23)20-10-13-29(25(30)17-20)22-6-9-24-21(16-22)18-28(26-24)15-14-27-11-2-3-12-27/h4-10,13,16-17,26H,2-3,11-12,14-15,18H2,1H3. The predicted molar refractivity (Wildman–Crippen MR) is 124 cm³/mol. The number of aromatic nitrogens is 1. The summed E-state index contributed by atoms with van der Waals surface area (Å²) in [7, 11) is 1.65. The molecule has 0 aliphatic carbocycles. The minimum Gasteiger partial charge on any atom is -0.497 e. The van der Waals surface area contributed by atoms with Gasteiger partial charge in [-0.15, -0.1) is 0 Å². The third kappa shape index (κ3) is 4.22. The molecule has 3 heterocycles. The fraction of sp³-hybridized carbons (Fsp3) is 0.320. The van der Waals surface area contributed by atoms with Gasteiger partial charge in [-0.1, -0.05) is 12.1 Å². The summed E-state index contributed by atoms with van der Waals surface area (Å²) >= 11 is 0. The van der Waals surface area contributed by atoms with Crippen molar-refractivity contribution in [3.63, 3.8) is 0 Å². The van der Waals surface area contributed by atoms with Crippen molar-refractivity contribution in [2.45, 2.75) is 19.4 Å². The summed E-state index contributed by atoms with van der Waals surface area (Å²) in [6.45, 7) is 5.40. The highest BCUT2D eigenvalue weighted by atomic mass is 16.5. The van der Waals surface area contributed by atoms with E-state index in [9.17, 15) is 4.79 Å². The summed E-state index contributed by atoms with van der Waals surface area (Å²) in [5.41, 5.74) is 8.62. The molecule has 5 rings (SSSR count). The maximum absolute atomic E-state index is 12.9. The number of hydrazine groups is 1. The van der Waals surface area contributed by atoms with E-state index in [1.54, 1.807) is 17.7 Å². The quantitative estimate of drug-likeness (QED) is 0.663. The summed E-state index contributed by atoms with van der Waals surface area (Å²) in [4.78, 5) is 15.4. The summed E-state index contributed by atoms with van der Waals surface area (Å²) in [5.74, 6) is 0.804. The lowest BCUT2D eigenvalue weighted by atomic mass is 10.1. The summed E-state index contributed by atoms with van der Waals surface area (Å²) in [6.07, 6.45) is 4.50. The van der Waals surface area contributed by atoms with E-state index in [1.165, 1.54) is 31.5 Å². The monoisotopic (exact) mass is 416 g/mol. The number of rotatable bonds is 6. The van der Waals surface area contributed by atoms with Crippen LogP contribution in [0.25, 0.3) is 16.8 Å². The van der Waals surface area contributed by atoms with Gasteiger partial charge in [-0.25, -0.2) is 5.01 Å². The maximum atomic E-state index is 12.9. The van der Waals surface area contributed by atoms with E-state index in [0.717, 1.165) is 47.9 Å². The lowest BCUT2D eigenvalue weighted by molar-refractivity contribution is 0.259. The molecule has 31 heavy (non-hydrogen) atoms. The molecular weight excluding hydrogens is 388 g/mol. The zero-order chi connectivity index (χ0) is 21.2. The number of hydrogen-bond donors (Lipinski definition) is 1. The molecule has 1 saturated heterocycles. The third-order valence-corrected chi connectivity index (χ3v) is 6.23. The van der Waals surface area contributed by atoms with Crippen LogP contribution in [0.4, 0.5) is 5.69 Å². The van der Waals surface area contributed by atoms with Crippen LogP contribution in [0, 0.1) is 0 Å². The van der Waals surface area contributed by atoms with Crippen LogP contribution in [0.1, 0.15) is 18.4 Å². The molecule has 3 aromatic rings. The number of fused-ring (bicyclic) bond motifs is 1. The smallest absolute Gasteiger partial charge is 0.255 e. The van der Waals surface area contributed by atoms with Crippen LogP contribution < -0.4 is 15.7 Å². The zero-order valence-electron chi connectivity index (χ0n) is 17.9. The Kier molecular flexibility index (Phi) is 5.49. The van der Waals surface area contributed by atoms with Crippen molar-refractivity contribution < 1.29 is 4.74 Å². The Morgan fingerprint density at radius 1 is 0.935 bits per heavy atom. The highest BCUT2D eigenvalue weighted by molar-refractivity contribution is 5.64. The van der Waals surface area contributed by atoms with Crippen molar-refractivity contribution in [3.05, 3.63) is 76.7 Å². The van der Waals surface area contributed by atoms with E-state index < -0.39 is 0 Å². The van der Waals surface area contributed by atoms with E-state index in [1.807, 2.05) is 42.6 Å². The molecule has 160 valence electrons. The molecule has 6 nitrogen and oxygen atoms in total. The first-order valence-electron chi connectivity index (χ1n) is 10.9. The first-order chi connectivity index (χ1) is 15.2. The first kappa shape index (κ1) is 19.8. The van der Waals surface area contributed by atoms with Crippen LogP contribution in [0.2, 0.25) is 0 Å². The van der Waals surface area contributed by atoms with E-state index >= 15 is 0 Å². The van der Waals surface area contributed by atoms with Crippen LogP contribution in [-0.4, -0.2) is 47.8 Å². The van der Waals surface area contributed by atoms with Crippen LogP contribution in [0.15, 0.2) is 65.6 Å².